The fourth-order valence-corrected chi connectivity index (χ4v) is 10.3. The third kappa shape index (κ3) is 9.05. The van der Waals surface area contributed by atoms with Gasteiger partial charge in [0.15, 0.2) is 0 Å². The van der Waals surface area contributed by atoms with Crippen LogP contribution in [0.4, 0.5) is 4.79 Å². The molecule has 0 radical (unpaired) electrons. The lowest BCUT2D eigenvalue weighted by Crippen LogP contribution is -2.63. The van der Waals surface area contributed by atoms with Gasteiger partial charge in [0.1, 0.15) is 22.3 Å². The lowest BCUT2D eigenvalue weighted by atomic mass is 9.85. The van der Waals surface area contributed by atoms with Crippen molar-refractivity contribution in [1.82, 2.24) is 30.5 Å². The highest BCUT2D eigenvalue weighted by molar-refractivity contribution is 9.11. The first-order chi connectivity index (χ1) is 23.4. The number of thiophene rings is 1. The summed E-state index contributed by atoms with van der Waals surface area (Å²) in [5, 5.41) is 11.1. The molecule has 13 nitrogen and oxygen atoms in total. The van der Waals surface area contributed by atoms with E-state index in [0.29, 0.717) is 23.2 Å². The van der Waals surface area contributed by atoms with Gasteiger partial charge in [0.05, 0.1) is 3.79 Å². The highest BCUT2D eigenvalue weighted by Crippen LogP contribution is 2.65. The maximum absolute atomic E-state index is 14.4. The van der Waals surface area contributed by atoms with Gasteiger partial charge in [0.2, 0.25) is 17.6 Å². The number of carbonyl (C=O) groups excluding carboxylic acids is 5. The standard InChI is InChI=1S/C35H53BrN6O7S2/c1-11-16-37-30(45)27(43)25(19-12-13-19)39-29(44)26-24-20(35(24,8)9)17-42(26)31(46)28(34(5,6)7)40-32(47)38-21(33(2,3)4)18-41(10)51(48,49)23-15-14-22(36)50-23/h11,14-15,19-21,24-26,28H,1,12-13,16-18H2,2-10H3,(H,37,45)(H,39,44)(H2,38,40,47)/t20-,21+,24-,25?,26-,28+/m0/s1. The number of halogens is 1. The number of carbonyl (C=O) groups is 5. The van der Waals surface area contributed by atoms with Crippen LogP contribution in [0.3, 0.4) is 0 Å². The van der Waals surface area contributed by atoms with Crippen molar-refractivity contribution in [2.75, 3.05) is 26.7 Å². The molecule has 2 aliphatic carbocycles. The molecule has 2 heterocycles. The van der Waals surface area contributed by atoms with Crippen molar-refractivity contribution >= 4 is 66.8 Å². The Morgan fingerprint density at radius 1 is 1.06 bits per heavy atom. The van der Waals surface area contributed by atoms with E-state index in [4.69, 9.17) is 0 Å². The Hall–Kier alpha value is -2.82. The third-order valence-electron chi connectivity index (χ3n) is 10.5. The van der Waals surface area contributed by atoms with E-state index >= 15 is 0 Å². The lowest BCUT2D eigenvalue weighted by Gasteiger charge is -2.39. The summed E-state index contributed by atoms with van der Waals surface area (Å²) in [5.74, 6) is -2.72. The van der Waals surface area contributed by atoms with Gasteiger partial charge in [-0.3, -0.25) is 19.2 Å². The molecule has 2 saturated carbocycles. The molecule has 284 valence electrons. The van der Waals surface area contributed by atoms with E-state index in [0.717, 1.165) is 11.3 Å². The third-order valence-corrected chi connectivity index (χ3v) is 14.4. The predicted molar refractivity (Wildman–Crippen MR) is 199 cm³/mol. The zero-order valence-corrected chi connectivity index (χ0v) is 34.2. The average Bonchev–Trinajstić information content (AvgIpc) is 3.81. The van der Waals surface area contributed by atoms with E-state index in [1.165, 1.54) is 28.4 Å². The molecule has 1 aliphatic heterocycles. The molecule has 3 aliphatic rings. The maximum Gasteiger partial charge on any atom is 0.315 e. The van der Waals surface area contributed by atoms with E-state index in [2.05, 4.69) is 43.8 Å². The number of ketones is 1. The van der Waals surface area contributed by atoms with Crippen LogP contribution in [0.2, 0.25) is 0 Å². The Labute approximate surface area is 314 Å². The Morgan fingerprint density at radius 2 is 1.69 bits per heavy atom. The van der Waals surface area contributed by atoms with Crippen molar-refractivity contribution in [3.8, 4) is 0 Å². The first-order valence-corrected chi connectivity index (χ1v) is 20.3. The zero-order valence-electron chi connectivity index (χ0n) is 31.0. The number of likely N-dealkylation sites (N-methyl/N-ethyl adjacent to an activating group) is 1. The van der Waals surface area contributed by atoms with Gasteiger partial charge >= 0.3 is 6.03 Å². The van der Waals surface area contributed by atoms with Crippen molar-refractivity contribution in [2.24, 2.45) is 34.0 Å². The molecular weight excluding hydrogens is 760 g/mol. The molecule has 6 atom stereocenters. The minimum atomic E-state index is -3.83. The molecule has 1 aromatic rings. The van der Waals surface area contributed by atoms with Gasteiger partial charge in [0.25, 0.3) is 15.9 Å². The number of Topliss-reactive ketones (excluding diaryl/α,β-unsaturated/α-hetero) is 1. The van der Waals surface area contributed by atoms with Crippen LogP contribution in [0.15, 0.2) is 32.8 Å². The summed E-state index contributed by atoms with van der Waals surface area (Å²) in [4.78, 5) is 69.3. The van der Waals surface area contributed by atoms with Crippen molar-refractivity contribution in [3.05, 3.63) is 28.6 Å². The predicted octanol–water partition coefficient (Wildman–Crippen LogP) is 3.51. The smallest absolute Gasteiger partial charge is 0.315 e. The second kappa shape index (κ2) is 14.9. The molecule has 51 heavy (non-hydrogen) atoms. The highest BCUT2D eigenvalue weighted by atomic mass is 79.9. The first-order valence-electron chi connectivity index (χ1n) is 17.2. The first kappa shape index (κ1) is 40.9. The van der Waals surface area contributed by atoms with E-state index in [1.807, 2.05) is 55.4 Å². The molecule has 1 unspecified atom stereocenters. The van der Waals surface area contributed by atoms with Crippen LogP contribution in [0.1, 0.15) is 68.2 Å². The minimum Gasteiger partial charge on any atom is -0.346 e. The summed E-state index contributed by atoms with van der Waals surface area (Å²) in [5.41, 5.74) is -1.56. The second-order valence-corrected chi connectivity index (χ2v) is 21.5. The van der Waals surface area contributed by atoms with Crippen LogP contribution in [0.25, 0.3) is 0 Å². The number of hydrogen-bond donors (Lipinski definition) is 4. The summed E-state index contributed by atoms with van der Waals surface area (Å²) < 4.78 is 28.6. The fraction of sp³-hybridized carbons (Fsp3) is 0.686. The summed E-state index contributed by atoms with van der Waals surface area (Å²) in [6.07, 6.45) is 2.86. The van der Waals surface area contributed by atoms with Gasteiger partial charge in [0, 0.05) is 32.7 Å². The van der Waals surface area contributed by atoms with Crippen LogP contribution in [-0.2, 0) is 29.2 Å². The van der Waals surface area contributed by atoms with Crippen molar-refractivity contribution in [1.29, 1.82) is 0 Å². The molecule has 16 heteroatoms. The van der Waals surface area contributed by atoms with Crippen molar-refractivity contribution < 1.29 is 32.4 Å². The van der Waals surface area contributed by atoms with Crippen LogP contribution >= 0.6 is 27.3 Å². The van der Waals surface area contributed by atoms with Gasteiger partial charge in [-0.15, -0.1) is 17.9 Å². The van der Waals surface area contributed by atoms with E-state index in [-0.39, 0.29) is 40.5 Å². The number of fused-ring (bicyclic) bond motifs is 1. The molecular formula is C35H53BrN6O7S2. The number of nitrogens with zero attached hydrogens (tertiary/aromatic N) is 2. The molecule has 0 spiro atoms. The summed E-state index contributed by atoms with van der Waals surface area (Å²) in [7, 11) is -2.36. The summed E-state index contributed by atoms with van der Waals surface area (Å²) in [6.45, 7) is 19.1. The summed E-state index contributed by atoms with van der Waals surface area (Å²) in [6, 6.07) is -1.05. The molecule has 0 bridgehead atoms. The topological polar surface area (TPSA) is 174 Å². The number of likely N-dealkylation sites (tertiary alicyclic amines) is 1. The van der Waals surface area contributed by atoms with E-state index in [9.17, 15) is 32.4 Å². The van der Waals surface area contributed by atoms with Gasteiger partial charge in [-0.1, -0.05) is 61.5 Å². The van der Waals surface area contributed by atoms with Gasteiger partial charge in [-0.2, -0.15) is 4.31 Å². The van der Waals surface area contributed by atoms with E-state index < -0.39 is 74.6 Å². The van der Waals surface area contributed by atoms with Crippen LogP contribution in [0, 0.1) is 34.0 Å². The number of rotatable bonds is 14. The van der Waals surface area contributed by atoms with Crippen molar-refractivity contribution in [2.45, 2.75) is 96.6 Å². The number of amides is 5. The normalized spacial score (nSPS) is 23.0. The molecule has 1 saturated heterocycles. The highest BCUT2D eigenvalue weighted by Gasteiger charge is 2.70. The van der Waals surface area contributed by atoms with Crippen LogP contribution < -0.4 is 21.3 Å². The molecule has 4 N–H and O–H groups in total. The Morgan fingerprint density at radius 3 is 2.20 bits per heavy atom. The Balaban J connectivity index is 1.52. The molecule has 1 aromatic heterocycles. The number of urea groups is 1. The molecule has 0 aromatic carbocycles. The number of nitrogens with one attached hydrogen (secondary N) is 4. The SMILES string of the molecule is C=CCNC(=O)C(=O)C(NC(=O)[C@@H]1[C@@H]2[C@H](CN1C(=O)[C@@H](NC(=O)N[C@H](CN(C)S(=O)(=O)c1ccc(Br)s1)C(C)(C)C)C(C)(C)C)C2(C)C)C1CC1. The molecule has 5 amide bonds. The van der Waals surface area contributed by atoms with Crippen molar-refractivity contribution in [3.63, 3.8) is 0 Å². The van der Waals surface area contributed by atoms with E-state index in [1.54, 1.807) is 6.07 Å². The Bertz CT molecular complexity index is 1660. The van der Waals surface area contributed by atoms with Gasteiger partial charge in [-0.25, -0.2) is 13.2 Å². The Kier molecular flexibility index (Phi) is 12.0. The monoisotopic (exact) mass is 812 g/mol. The average molecular weight is 814 g/mol. The number of piperidine rings is 1. The fourth-order valence-electron chi connectivity index (χ4n) is 6.90. The minimum absolute atomic E-state index is 0.0256. The quantitative estimate of drug-likeness (QED) is 0.164. The number of sulfonamides is 1. The maximum atomic E-state index is 14.4. The largest absolute Gasteiger partial charge is 0.346 e. The molecule has 4 rings (SSSR count). The molecule has 3 fully saturated rings. The second-order valence-electron chi connectivity index (χ2n) is 16.8. The van der Waals surface area contributed by atoms with Gasteiger partial charge < -0.3 is 26.2 Å². The lowest BCUT2D eigenvalue weighted by molar-refractivity contribution is -0.145. The zero-order chi connectivity index (χ0) is 38.4. The summed E-state index contributed by atoms with van der Waals surface area (Å²) >= 11 is 4.40. The van der Waals surface area contributed by atoms with Crippen LogP contribution in [-0.4, -0.2) is 98.0 Å². The van der Waals surface area contributed by atoms with Crippen LogP contribution in [0.5, 0.6) is 0 Å². The van der Waals surface area contributed by atoms with Gasteiger partial charge in [-0.05, 0) is 74.9 Å². The number of hydrogen-bond acceptors (Lipinski definition) is 8.